The molecule has 0 saturated carbocycles. The fourth-order valence-corrected chi connectivity index (χ4v) is 3.51. The Kier molecular flexibility index (Phi) is 5.50. The minimum absolute atomic E-state index is 0.155. The number of hydrogen-bond acceptors (Lipinski definition) is 7. The Morgan fingerprint density at radius 1 is 1.26 bits per heavy atom. The summed E-state index contributed by atoms with van der Waals surface area (Å²) in [6, 6.07) is 6.56. The first-order valence-electron chi connectivity index (χ1n) is 8.18. The number of aromatic nitrogens is 4. The van der Waals surface area contributed by atoms with Crippen molar-refractivity contribution in [1.82, 2.24) is 25.5 Å². The van der Waals surface area contributed by atoms with E-state index in [2.05, 4.69) is 30.8 Å². The van der Waals surface area contributed by atoms with Crippen molar-refractivity contribution in [1.29, 1.82) is 0 Å². The van der Waals surface area contributed by atoms with E-state index >= 15 is 0 Å². The molecule has 4 N–H and O–H groups in total. The zero-order chi connectivity index (χ0) is 19.4. The van der Waals surface area contributed by atoms with Crippen LogP contribution in [0.15, 0.2) is 30.6 Å². The smallest absolute Gasteiger partial charge is 0.358 e. The minimum atomic E-state index is -3.78. The summed E-state index contributed by atoms with van der Waals surface area (Å²) in [4.78, 5) is 29.9. The zero-order valence-electron chi connectivity index (χ0n) is 14.8. The van der Waals surface area contributed by atoms with Crippen LogP contribution in [0.2, 0.25) is 0 Å². The SMILES string of the molecule is CCOP(=O)(O)c1ccc(CNc2ncnc3c(C(=O)NC)[nH]nc23)cc1. The standard InChI is InChI=1S/C16H19N6O4P/c1-3-26-27(24,25)11-6-4-10(5-7-11)8-18-15-13-12(19-9-20-15)14(22-21-13)16(23)17-2/h4-7,9H,3,8H2,1-2H3,(H,17,23)(H,21,22)(H,24,25)(H,18,19,20). The van der Waals surface area contributed by atoms with Crippen LogP contribution in [0.25, 0.3) is 11.0 Å². The number of carbonyl (C=O) groups excluding carboxylic acids is 1. The first kappa shape index (κ1) is 19.0. The van der Waals surface area contributed by atoms with Crippen molar-refractivity contribution < 1.29 is 18.8 Å². The molecule has 0 aliphatic carbocycles. The largest absolute Gasteiger partial charge is 0.364 e. The molecule has 10 nitrogen and oxygen atoms in total. The maximum absolute atomic E-state index is 12.0. The lowest BCUT2D eigenvalue weighted by molar-refractivity contribution is 0.0959. The lowest BCUT2D eigenvalue weighted by Gasteiger charge is -2.11. The van der Waals surface area contributed by atoms with Gasteiger partial charge in [0, 0.05) is 13.6 Å². The lowest BCUT2D eigenvalue weighted by Crippen LogP contribution is -2.18. The van der Waals surface area contributed by atoms with Gasteiger partial charge in [0.05, 0.1) is 11.9 Å². The quantitative estimate of drug-likeness (QED) is 0.441. The maximum Gasteiger partial charge on any atom is 0.358 e. The van der Waals surface area contributed by atoms with E-state index in [1.165, 1.54) is 13.4 Å². The van der Waals surface area contributed by atoms with Crippen LogP contribution in [0, 0.1) is 0 Å². The summed E-state index contributed by atoms with van der Waals surface area (Å²) in [7, 11) is -2.25. The topological polar surface area (TPSA) is 142 Å². The molecule has 1 aromatic carbocycles. The minimum Gasteiger partial charge on any atom is -0.364 e. The van der Waals surface area contributed by atoms with Crippen LogP contribution >= 0.6 is 7.60 Å². The molecule has 1 atom stereocenters. The van der Waals surface area contributed by atoms with Gasteiger partial charge in [0.25, 0.3) is 5.91 Å². The lowest BCUT2D eigenvalue weighted by atomic mass is 10.2. The van der Waals surface area contributed by atoms with Crippen molar-refractivity contribution in [3.63, 3.8) is 0 Å². The number of anilines is 1. The Labute approximate surface area is 154 Å². The number of nitrogens with zero attached hydrogens (tertiary/aromatic N) is 3. The predicted octanol–water partition coefficient (Wildman–Crippen LogP) is 1.17. The van der Waals surface area contributed by atoms with Gasteiger partial charge in [-0.25, -0.2) is 9.97 Å². The molecule has 3 rings (SSSR count). The van der Waals surface area contributed by atoms with Crippen LogP contribution in [0.3, 0.4) is 0 Å². The highest BCUT2D eigenvalue weighted by Crippen LogP contribution is 2.40. The third kappa shape index (κ3) is 3.97. The van der Waals surface area contributed by atoms with E-state index in [0.29, 0.717) is 23.4 Å². The van der Waals surface area contributed by atoms with Crippen molar-refractivity contribution in [2.45, 2.75) is 13.5 Å². The molecule has 0 spiro atoms. The fourth-order valence-electron chi connectivity index (χ4n) is 2.48. The van der Waals surface area contributed by atoms with Crippen LogP contribution in [-0.4, -0.2) is 44.6 Å². The van der Waals surface area contributed by atoms with Gasteiger partial charge >= 0.3 is 7.60 Å². The monoisotopic (exact) mass is 390 g/mol. The number of fused-ring (bicyclic) bond motifs is 1. The van der Waals surface area contributed by atoms with E-state index in [-0.39, 0.29) is 23.5 Å². The molecule has 1 amide bonds. The highest BCUT2D eigenvalue weighted by molar-refractivity contribution is 7.61. The molecule has 3 aromatic rings. The Morgan fingerprint density at radius 3 is 2.67 bits per heavy atom. The summed E-state index contributed by atoms with van der Waals surface area (Å²) in [5.74, 6) is 0.151. The molecule has 11 heteroatoms. The molecule has 142 valence electrons. The summed E-state index contributed by atoms with van der Waals surface area (Å²) < 4.78 is 16.9. The molecule has 2 aromatic heterocycles. The van der Waals surface area contributed by atoms with Crippen molar-refractivity contribution in [3.05, 3.63) is 41.9 Å². The number of amides is 1. The summed E-state index contributed by atoms with van der Waals surface area (Å²) in [5.41, 5.74) is 1.99. The Bertz CT molecular complexity index is 1000. The Balaban J connectivity index is 1.76. The molecular weight excluding hydrogens is 371 g/mol. The van der Waals surface area contributed by atoms with Crippen molar-refractivity contribution in [3.8, 4) is 0 Å². The number of rotatable bonds is 7. The van der Waals surface area contributed by atoms with Gasteiger partial charge in [-0.15, -0.1) is 0 Å². The van der Waals surface area contributed by atoms with E-state index in [9.17, 15) is 14.3 Å². The van der Waals surface area contributed by atoms with E-state index in [0.717, 1.165) is 5.56 Å². The van der Waals surface area contributed by atoms with E-state index < -0.39 is 7.60 Å². The first-order valence-corrected chi connectivity index (χ1v) is 9.76. The average molecular weight is 390 g/mol. The summed E-state index contributed by atoms with van der Waals surface area (Å²) in [6.07, 6.45) is 1.35. The van der Waals surface area contributed by atoms with Crippen LogP contribution in [0.1, 0.15) is 23.0 Å². The fraction of sp³-hybridized carbons (Fsp3) is 0.250. The predicted molar refractivity (Wildman–Crippen MR) is 99.9 cm³/mol. The number of carbonyl (C=O) groups is 1. The van der Waals surface area contributed by atoms with Crippen LogP contribution in [0.4, 0.5) is 5.82 Å². The molecule has 0 bridgehead atoms. The van der Waals surface area contributed by atoms with Gasteiger partial charge in [0.2, 0.25) is 0 Å². The normalized spacial score (nSPS) is 13.3. The summed E-state index contributed by atoms with van der Waals surface area (Å²) >= 11 is 0. The van der Waals surface area contributed by atoms with E-state index in [4.69, 9.17) is 4.52 Å². The molecule has 27 heavy (non-hydrogen) atoms. The van der Waals surface area contributed by atoms with Gasteiger partial charge in [-0.1, -0.05) is 12.1 Å². The second-order valence-corrected chi connectivity index (χ2v) is 7.37. The molecule has 0 radical (unpaired) electrons. The Hall–Kier alpha value is -2.81. The van der Waals surface area contributed by atoms with Crippen molar-refractivity contribution >= 4 is 35.7 Å². The molecule has 0 aliphatic heterocycles. The van der Waals surface area contributed by atoms with E-state index in [1.54, 1.807) is 31.2 Å². The molecule has 1 unspecified atom stereocenters. The average Bonchev–Trinajstić information content (AvgIpc) is 3.11. The third-order valence-corrected chi connectivity index (χ3v) is 5.38. The van der Waals surface area contributed by atoms with Gasteiger partial charge in [-0.05, 0) is 24.6 Å². The molecule has 0 aliphatic rings. The van der Waals surface area contributed by atoms with Crippen molar-refractivity contribution in [2.75, 3.05) is 19.0 Å². The number of hydrogen-bond donors (Lipinski definition) is 4. The van der Waals surface area contributed by atoms with Crippen LogP contribution in [-0.2, 0) is 15.6 Å². The number of benzene rings is 1. The van der Waals surface area contributed by atoms with Crippen LogP contribution < -0.4 is 15.9 Å². The highest BCUT2D eigenvalue weighted by atomic mass is 31.2. The highest BCUT2D eigenvalue weighted by Gasteiger charge is 2.21. The summed E-state index contributed by atoms with van der Waals surface area (Å²) in [5, 5.41) is 12.7. The molecule has 2 heterocycles. The number of aromatic amines is 1. The first-order chi connectivity index (χ1) is 13.0. The Morgan fingerprint density at radius 2 is 2.00 bits per heavy atom. The maximum atomic E-state index is 12.0. The van der Waals surface area contributed by atoms with Gasteiger partial charge < -0.3 is 20.1 Å². The number of nitrogens with one attached hydrogen (secondary N) is 3. The molecule has 0 saturated heterocycles. The van der Waals surface area contributed by atoms with E-state index in [1.807, 2.05) is 0 Å². The summed E-state index contributed by atoms with van der Waals surface area (Å²) in [6.45, 7) is 2.22. The zero-order valence-corrected chi connectivity index (χ0v) is 15.7. The second kappa shape index (κ2) is 7.83. The van der Waals surface area contributed by atoms with Gasteiger partial charge in [-0.3, -0.25) is 14.5 Å². The van der Waals surface area contributed by atoms with Gasteiger partial charge in [0.15, 0.2) is 11.3 Å². The second-order valence-electron chi connectivity index (χ2n) is 5.56. The van der Waals surface area contributed by atoms with Crippen LogP contribution in [0.5, 0.6) is 0 Å². The van der Waals surface area contributed by atoms with Gasteiger partial charge in [-0.2, -0.15) is 5.10 Å². The number of H-pyrrole nitrogens is 1. The molecular formula is C16H19N6O4P. The third-order valence-electron chi connectivity index (χ3n) is 3.82. The van der Waals surface area contributed by atoms with Gasteiger partial charge in [0.1, 0.15) is 17.5 Å². The molecule has 0 fully saturated rings. The van der Waals surface area contributed by atoms with Crippen molar-refractivity contribution in [2.24, 2.45) is 0 Å².